The number of nitrogens with zero attached hydrogens (tertiary/aromatic N) is 2. The van der Waals surface area contributed by atoms with E-state index in [4.69, 9.17) is 0 Å². The molecule has 0 aromatic rings. The van der Waals surface area contributed by atoms with Crippen molar-refractivity contribution < 1.29 is 4.79 Å². The largest absolute Gasteiger partial charge is 0.315 e. The van der Waals surface area contributed by atoms with Gasteiger partial charge in [0.15, 0.2) is 0 Å². The van der Waals surface area contributed by atoms with Gasteiger partial charge in [-0.05, 0) is 20.8 Å². The van der Waals surface area contributed by atoms with Gasteiger partial charge in [0.2, 0.25) is 0 Å². The van der Waals surface area contributed by atoms with Crippen molar-refractivity contribution in [3.8, 4) is 0 Å². The predicted octanol–water partition coefficient (Wildman–Crippen LogP) is 2.32. The van der Waals surface area contributed by atoms with Gasteiger partial charge in [-0.3, -0.25) is 0 Å². The highest BCUT2D eigenvalue weighted by Gasteiger charge is 2.13. The zero-order valence-electron chi connectivity index (χ0n) is 7.60. The molecule has 0 aliphatic rings. The summed E-state index contributed by atoms with van der Waals surface area (Å²) < 4.78 is 0. The molecule has 0 aromatic carbocycles. The van der Waals surface area contributed by atoms with Crippen molar-refractivity contribution in [3.05, 3.63) is 0 Å². The van der Waals surface area contributed by atoms with E-state index in [1.54, 1.807) is 0 Å². The lowest BCUT2D eigenvalue weighted by atomic mass is 10.1. The summed E-state index contributed by atoms with van der Waals surface area (Å²) >= 11 is 0. The third-order valence-corrected chi connectivity index (χ3v) is 1.03. The molecule has 0 saturated heterocycles. The van der Waals surface area contributed by atoms with Crippen molar-refractivity contribution in [2.24, 2.45) is 5.11 Å². The van der Waals surface area contributed by atoms with Gasteiger partial charge in [-0.1, -0.05) is 6.92 Å². The molecule has 0 aromatic heterocycles. The minimum Gasteiger partial charge on any atom is -0.0545 e. The maximum absolute atomic E-state index is 4.12. The van der Waals surface area contributed by atoms with Crippen molar-refractivity contribution in [3.63, 3.8) is 0 Å². The topological polar surface area (TPSA) is 26.5 Å². The van der Waals surface area contributed by atoms with E-state index in [1.807, 2.05) is 27.7 Å². The highest BCUT2D eigenvalue weighted by Crippen LogP contribution is 2.03. The van der Waals surface area contributed by atoms with Crippen LogP contribution in [0.15, 0.2) is 5.11 Å². The van der Waals surface area contributed by atoms with Crippen LogP contribution < -0.4 is 0 Å². The molecule has 0 spiro atoms. The molecule has 0 N–H and O–H groups in total. The van der Waals surface area contributed by atoms with Gasteiger partial charge in [-0.2, -0.15) is 0 Å². The zero-order chi connectivity index (χ0) is 8.20. The lowest BCUT2D eigenvalue weighted by molar-refractivity contribution is -0.112. The molecule has 0 unspecified atom stereocenters. The van der Waals surface area contributed by atoms with Crippen molar-refractivity contribution in [1.82, 2.24) is 0 Å². The van der Waals surface area contributed by atoms with E-state index in [0.29, 0.717) is 0 Å². The Hall–Kier alpha value is -0.620. The van der Waals surface area contributed by atoms with Crippen LogP contribution in [-0.4, -0.2) is 16.0 Å². The molecule has 0 radical (unpaired) electrons. The fraction of sp³-hybridized carbons (Fsp3) is 0.875. The van der Waals surface area contributed by atoms with E-state index < -0.39 is 0 Å². The highest BCUT2D eigenvalue weighted by molar-refractivity contribution is 5.75. The molecule has 0 heterocycles. The maximum Gasteiger partial charge on any atom is 0.315 e. The molecule has 0 amide bonds. The third kappa shape index (κ3) is 5.52. The summed E-state index contributed by atoms with van der Waals surface area (Å²) in [4.78, 5) is 4.06. The third-order valence-electron chi connectivity index (χ3n) is 1.03. The monoisotopic (exact) mass is 141 g/mol. The first kappa shape index (κ1) is 9.38. The first-order valence-corrected chi connectivity index (χ1v) is 3.71. The quantitative estimate of drug-likeness (QED) is 0.304. The van der Waals surface area contributed by atoms with Crippen molar-refractivity contribution in [2.75, 3.05) is 0 Å². The average Bonchev–Trinajstić information content (AvgIpc) is 1.81. The number of hydrogen-bond donors (Lipinski definition) is 0. The molecule has 10 heavy (non-hydrogen) atoms. The summed E-state index contributed by atoms with van der Waals surface area (Å²) in [7, 11) is 0. The Balaban J connectivity index is 4.23. The summed E-state index contributed by atoms with van der Waals surface area (Å²) in [6, 6.07) is 0. The van der Waals surface area contributed by atoms with Crippen LogP contribution in [0.1, 0.15) is 41.0 Å². The molecule has 0 aliphatic heterocycles. The van der Waals surface area contributed by atoms with Crippen LogP contribution in [0, 0.1) is 0 Å². The first-order chi connectivity index (χ1) is 4.45. The van der Waals surface area contributed by atoms with Gasteiger partial charge in [-0.15, -0.1) is 0 Å². The summed E-state index contributed by atoms with van der Waals surface area (Å²) in [6.45, 7) is 10.2. The second-order valence-electron chi connectivity index (χ2n) is 3.46. The van der Waals surface area contributed by atoms with E-state index in [-0.39, 0.29) is 5.54 Å². The molecular formula is C8H17N2+. The molecule has 0 saturated carbocycles. The maximum atomic E-state index is 4.12. The second-order valence-corrected chi connectivity index (χ2v) is 3.46. The van der Waals surface area contributed by atoms with Crippen LogP contribution in [0.5, 0.6) is 0 Å². The lowest BCUT2D eigenvalue weighted by Gasteiger charge is -1.98. The Bertz CT molecular complexity index is 157. The van der Waals surface area contributed by atoms with Gasteiger partial charge in [0.25, 0.3) is 0 Å². The van der Waals surface area contributed by atoms with Gasteiger partial charge in [-0.25, -0.2) is 0 Å². The number of hydrogen-bond acceptors (Lipinski definition) is 1. The molecule has 2 heteroatoms. The van der Waals surface area contributed by atoms with E-state index in [2.05, 4.69) is 16.8 Å². The summed E-state index contributed by atoms with van der Waals surface area (Å²) in [5.74, 6) is 0. The Labute approximate surface area is 63.1 Å². The fourth-order valence-electron chi connectivity index (χ4n) is 0.306. The Morgan fingerprint density at radius 2 is 1.90 bits per heavy atom. The van der Waals surface area contributed by atoms with Gasteiger partial charge in [0.1, 0.15) is 5.54 Å². The Kier molecular flexibility index (Phi) is 3.31. The van der Waals surface area contributed by atoms with Crippen molar-refractivity contribution in [1.29, 1.82) is 0 Å². The SMILES string of the molecule is CCC(C)=[N+]=NC(C)(C)C. The van der Waals surface area contributed by atoms with Gasteiger partial charge in [0, 0.05) is 18.1 Å². The summed E-state index contributed by atoms with van der Waals surface area (Å²) in [5.41, 5.74) is 1.06. The Morgan fingerprint density at radius 1 is 1.40 bits per heavy atom. The van der Waals surface area contributed by atoms with Crippen LogP contribution in [0.2, 0.25) is 0 Å². The predicted molar refractivity (Wildman–Crippen MR) is 43.4 cm³/mol. The molecule has 0 aliphatic carbocycles. The number of rotatable bonds is 1. The minimum atomic E-state index is -0.0313. The molecule has 58 valence electrons. The summed E-state index contributed by atoms with van der Waals surface area (Å²) in [6.07, 6.45) is 0.986. The van der Waals surface area contributed by atoms with Crippen LogP contribution >= 0.6 is 0 Å². The van der Waals surface area contributed by atoms with Crippen molar-refractivity contribution in [2.45, 2.75) is 46.6 Å². The fourth-order valence-corrected chi connectivity index (χ4v) is 0.306. The van der Waals surface area contributed by atoms with Gasteiger partial charge < -0.3 is 0 Å². The van der Waals surface area contributed by atoms with Crippen molar-refractivity contribution >= 4 is 5.71 Å². The zero-order valence-corrected chi connectivity index (χ0v) is 7.60. The molecule has 0 bridgehead atoms. The molecule has 2 nitrogen and oxygen atoms in total. The highest BCUT2D eigenvalue weighted by atomic mass is 15.1. The van der Waals surface area contributed by atoms with E-state index in [0.717, 1.165) is 12.1 Å². The van der Waals surface area contributed by atoms with E-state index in [1.165, 1.54) is 0 Å². The normalized spacial score (nSPS) is 10.5. The molecule has 0 rings (SSSR count). The first-order valence-electron chi connectivity index (χ1n) is 3.71. The van der Waals surface area contributed by atoms with Gasteiger partial charge in [0.05, 0.1) is 5.11 Å². The van der Waals surface area contributed by atoms with Gasteiger partial charge >= 0.3 is 5.71 Å². The van der Waals surface area contributed by atoms with Crippen LogP contribution in [0.3, 0.4) is 0 Å². The van der Waals surface area contributed by atoms with Crippen LogP contribution in [-0.2, 0) is 0 Å². The lowest BCUT2D eigenvalue weighted by Crippen LogP contribution is -2.09. The smallest absolute Gasteiger partial charge is 0.0545 e. The van der Waals surface area contributed by atoms with E-state index in [9.17, 15) is 0 Å². The van der Waals surface area contributed by atoms with Crippen LogP contribution in [0.25, 0.3) is 0 Å². The Morgan fingerprint density at radius 3 is 2.20 bits per heavy atom. The second kappa shape index (κ2) is 3.52. The molecular weight excluding hydrogens is 124 g/mol. The summed E-state index contributed by atoms with van der Waals surface area (Å²) in [5, 5.41) is 4.12. The molecule has 0 fully saturated rings. The molecule has 0 atom stereocenters. The minimum absolute atomic E-state index is 0.0313. The standard InChI is InChI=1S/C8H17N2/c1-6-7(2)9-10-8(3,4)5/h6H2,1-5H3/q+1. The van der Waals surface area contributed by atoms with E-state index >= 15 is 0 Å². The van der Waals surface area contributed by atoms with Crippen LogP contribution in [0.4, 0.5) is 0 Å². The average molecular weight is 141 g/mol.